The van der Waals surface area contributed by atoms with E-state index >= 15 is 0 Å². The van der Waals surface area contributed by atoms with Gasteiger partial charge in [-0.15, -0.1) is 0 Å². The molecule has 2 rings (SSSR count). The highest BCUT2D eigenvalue weighted by Gasteiger charge is 2.19. The molecular formula is C15H23FN2S. The molecule has 1 aliphatic rings. The van der Waals surface area contributed by atoms with Gasteiger partial charge < -0.3 is 5.32 Å². The second kappa shape index (κ2) is 7.27. The zero-order chi connectivity index (χ0) is 13.7. The Kier molecular flexibility index (Phi) is 5.67. The first kappa shape index (κ1) is 14.8. The topological polar surface area (TPSA) is 15.3 Å². The molecule has 1 saturated heterocycles. The molecule has 106 valence electrons. The van der Waals surface area contributed by atoms with E-state index in [-0.39, 0.29) is 5.82 Å². The van der Waals surface area contributed by atoms with Gasteiger partial charge in [-0.25, -0.2) is 4.39 Å². The van der Waals surface area contributed by atoms with Gasteiger partial charge in [0, 0.05) is 42.7 Å². The van der Waals surface area contributed by atoms with Crippen LogP contribution in [0.5, 0.6) is 0 Å². The van der Waals surface area contributed by atoms with Crippen LogP contribution in [-0.4, -0.2) is 36.0 Å². The quantitative estimate of drug-likeness (QED) is 0.894. The van der Waals surface area contributed by atoms with Gasteiger partial charge in [0.15, 0.2) is 0 Å². The second-order valence-corrected chi connectivity index (χ2v) is 6.50. The molecule has 1 atom stereocenters. The van der Waals surface area contributed by atoms with Gasteiger partial charge in [0.1, 0.15) is 5.82 Å². The summed E-state index contributed by atoms with van der Waals surface area (Å²) in [6.45, 7) is 5.91. The first-order chi connectivity index (χ1) is 9.22. The van der Waals surface area contributed by atoms with E-state index in [1.165, 1.54) is 6.42 Å². The molecule has 1 fully saturated rings. The van der Waals surface area contributed by atoms with E-state index in [1.54, 1.807) is 6.07 Å². The number of thioether (sulfide) groups is 1. The second-order valence-electron chi connectivity index (χ2n) is 5.09. The molecule has 1 unspecified atom stereocenters. The molecule has 1 aromatic carbocycles. The Hall–Kier alpha value is -0.580. The van der Waals surface area contributed by atoms with E-state index in [9.17, 15) is 4.39 Å². The molecule has 0 saturated carbocycles. The summed E-state index contributed by atoms with van der Waals surface area (Å²) >= 11 is 2.05. The summed E-state index contributed by atoms with van der Waals surface area (Å²) in [5, 5.41) is 3.82. The number of hydrogen-bond acceptors (Lipinski definition) is 3. The van der Waals surface area contributed by atoms with E-state index in [0.29, 0.717) is 5.25 Å². The highest BCUT2D eigenvalue weighted by molar-refractivity contribution is 8.00. The predicted molar refractivity (Wildman–Crippen MR) is 81.0 cm³/mol. The fourth-order valence-electron chi connectivity index (χ4n) is 2.48. The number of benzene rings is 1. The maximum atomic E-state index is 13.9. The van der Waals surface area contributed by atoms with Gasteiger partial charge in [-0.05, 0) is 25.1 Å². The van der Waals surface area contributed by atoms with Crippen LogP contribution < -0.4 is 5.32 Å². The van der Waals surface area contributed by atoms with Gasteiger partial charge >= 0.3 is 0 Å². The minimum Gasteiger partial charge on any atom is -0.316 e. The van der Waals surface area contributed by atoms with Crippen molar-refractivity contribution >= 4 is 11.8 Å². The first-order valence-electron chi connectivity index (χ1n) is 6.98. The summed E-state index contributed by atoms with van der Waals surface area (Å²) in [5.41, 5.74) is 1.98. The van der Waals surface area contributed by atoms with E-state index in [4.69, 9.17) is 0 Å². The highest BCUT2D eigenvalue weighted by Crippen LogP contribution is 2.23. The van der Waals surface area contributed by atoms with Crippen molar-refractivity contribution in [3.63, 3.8) is 0 Å². The molecular weight excluding hydrogens is 259 g/mol. The fraction of sp³-hybridized carbons (Fsp3) is 0.600. The Morgan fingerprint density at radius 2 is 2.32 bits per heavy atom. The van der Waals surface area contributed by atoms with Gasteiger partial charge in [0.2, 0.25) is 0 Å². The molecule has 4 heteroatoms. The Morgan fingerprint density at radius 1 is 1.47 bits per heavy atom. The SMILES string of the molecule is CCC1CN(Cc2cc(CNC)ccc2F)CCS1. The smallest absolute Gasteiger partial charge is 0.127 e. The average Bonchev–Trinajstić information content (AvgIpc) is 2.43. The van der Waals surface area contributed by atoms with Crippen molar-refractivity contribution in [1.82, 2.24) is 10.2 Å². The molecule has 2 nitrogen and oxygen atoms in total. The maximum Gasteiger partial charge on any atom is 0.127 e. The van der Waals surface area contributed by atoms with E-state index in [2.05, 4.69) is 17.1 Å². The molecule has 1 heterocycles. The van der Waals surface area contributed by atoms with Gasteiger partial charge in [-0.3, -0.25) is 4.90 Å². The number of nitrogens with one attached hydrogen (secondary N) is 1. The van der Waals surface area contributed by atoms with Gasteiger partial charge in [0.05, 0.1) is 0 Å². The van der Waals surface area contributed by atoms with Crippen molar-refractivity contribution < 1.29 is 4.39 Å². The summed E-state index contributed by atoms with van der Waals surface area (Å²) in [6, 6.07) is 5.45. The van der Waals surface area contributed by atoms with Crippen LogP contribution in [-0.2, 0) is 13.1 Å². The normalized spacial score (nSPS) is 20.7. The van der Waals surface area contributed by atoms with Crippen LogP contribution in [0.15, 0.2) is 18.2 Å². The number of nitrogens with zero attached hydrogens (tertiary/aromatic N) is 1. The third-order valence-corrected chi connectivity index (χ3v) is 4.94. The third kappa shape index (κ3) is 4.20. The Balaban J connectivity index is 2.03. The lowest BCUT2D eigenvalue weighted by Crippen LogP contribution is -2.37. The van der Waals surface area contributed by atoms with E-state index in [0.717, 1.165) is 43.1 Å². The van der Waals surface area contributed by atoms with Gasteiger partial charge in [0.25, 0.3) is 0 Å². The van der Waals surface area contributed by atoms with E-state index in [1.807, 2.05) is 30.9 Å². The summed E-state index contributed by atoms with van der Waals surface area (Å²) in [7, 11) is 1.91. The summed E-state index contributed by atoms with van der Waals surface area (Å²) < 4.78 is 13.9. The summed E-state index contributed by atoms with van der Waals surface area (Å²) in [5.74, 6) is 1.09. The number of halogens is 1. The predicted octanol–water partition coefficient (Wildman–Crippen LogP) is 2.87. The Morgan fingerprint density at radius 3 is 3.05 bits per heavy atom. The average molecular weight is 282 g/mol. The molecule has 1 aliphatic heterocycles. The van der Waals surface area contributed by atoms with Crippen LogP contribution in [0, 0.1) is 5.82 Å². The molecule has 1 N–H and O–H groups in total. The van der Waals surface area contributed by atoms with Gasteiger partial charge in [-0.2, -0.15) is 11.8 Å². The number of hydrogen-bond donors (Lipinski definition) is 1. The van der Waals surface area contributed by atoms with Crippen LogP contribution in [0.1, 0.15) is 24.5 Å². The first-order valence-corrected chi connectivity index (χ1v) is 8.03. The fourth-order valence-corrected chi connectivity index (χ4v) is 3.72. The molecule has 0 aliphatic carbocycles. The van der Waals surface area contributed by atoms with Crippen molar-refractivity contribution in [1.29, 1.82) is 0 Å². The lowest BCUT2D eigenvalue weighted by Gasteiger charge is -2.32. The monoisotopic (exact) mass is 282 g/mol. The molecule has 1 aromatic rings. The van der Waals surface area contributed by atoms with Gasteiger partial charge in [-0.1, -0.05) is 19.1 Å². The standard InChI is InChI=1S/C15H23FN2S/c1-3-14-11-18(6-7-19-14)10-13-8-12(9-17-2)4-5-15(13)16/h4-5,8,14,17H,3,6-7,9-11H2,1-2H3. The van der Waals surface area contributed by atoms with E-state index < -0.39 is 0 Å². The largest absolute Gasteiger partial charge is 0.316 e. The van der Waals surface area contributed by atoms with Crippen molar-refractivity contribution in [2.45, 2.75) is 31.7 Å². The van der Waals surface area contributed by atoms with Crippen LogP contribution in [0.4, 0.5) is 4.39 Å². The van der Waals surface area contributed by atoms with Crippen molar-refractivity contribution in [2.24, 2.45) is 0 Å². The lowest BCUT2D eigenvalue weighted by molar-refractivity contribution is 0.269. The Labute approximate surface area is 119 Å². The third-order valence-electron chi connectivity index (χ3n) is 3.56. The molecule has 19 heavy (non-hydrogen) atoms. The summed E-state index contributed by atoms with van der Waals surface area (Å²) in [4.78, 5) is 2.38. The molecule has 0 radical (unpaired) electrons. The zero-order valence-corrected chi connectivity index (χ0v) is 12.6. The zero-order valence-electron chi connectivity index (χ0n) is 11.8. The van der Waals surface area contributed by atoms with Crippen LogP contribution in [0.25, 0.3) is 0 Å². The van der Waals surface area contributed by atoms with Crippen molar-refractivity contribution in [3.8, 4) is 0 Å². The van der Waals surface area contributed by atoms with Crippen molar-refractivity contribution in [2.75, 3.05) is 25.9 Å². The molecule has 0 spiro atoms. The minimum absolute atomic E-state index is 0.0777. The van der Waals surface area contributed by atoms with Crippen LogP contribution in [0.3, 0.4) is 0 Å². The lowest BCUT2D eigenvalue weighted by atomic mass is 10.1. The minimum atomic E-state index is -0.0777. The molecule has 0 bridgehead atoms. The maximum absolute atomic E-state index is 13.9. The Bertz CT molecular complexity index is 411. The summed E-state index contributed by atoms with van der Waals surface area (Å²) in [6.07, 6.45) is 1.20. The van der Waals surface area contributed by atoms with Crippen LogP contribution in [0.2, 0.25) is 0 Å². The highest BCUT2D eigenvalue weighted by atomic mass is 32.2. The molecule has 0 aromatic heterocycles. The van der Waals surface area contributed by atoms with Crippen LogP contribution >= 0.6 is 11.8 Å². The van der Waals surface area contributed by atoms with Crippen molar-refractivity contribution in [3.05, 3.63) is 35.1 Å². The molecule has 0 amide bonds. The number of rotatable bonds is 5.